The summed E-state index contributed by atoms with van der Waals surface area (Å²) < 4.78 is 38.3. The molecular formula is C19H21N3O5S. The first-order chi connectivity index (χ1) is 13.3. The Kier molecular flexibility index (Phi) is 5.66. The van der Waals surface area contributed by atoms with Crippen molar-refractivity contribution in [2.45, 2.75) is 31.8 Å². The van der Waals surface area contributed by atoms with Crippen molar-refractivity contribution in [2.24, 2.45) is 0 Å². The Morgan fingerprint density at radius 3 is 2.39 bits per heavy atom. The molecule has 0 saturated carbocycles. The molecule has 2 heterocycles. The van der Waals surface area contributed by atoms with E-state index in [9.17, 15) is 13.2 Å². The van der Waals surface area contributed by atoms with E-state index in [0.29, 0.717) is 17.0 Å². The summed E-state index contributed by atoms with van der Waals surface area (Å²) in [5.41, 5.74) is 1.53. The highest BCUT2D eigenvalue weighted by atomic mass is 32.2. The molecule has 0 saturated heterocycles. The molecule has 1 N–H and O–H groups in total. The third-order valence-corrected chi connectivity index (χ3v) is 6.32. The SMILES string of the molecule is CNC(=O)c1ccc(CN(Cc2ccco2)S(=O)(=O)c2c(C)noc2C)cc1. The molecule has 0 radical (unpaired) electrons. The zero-order valence-corrected chi connectivity index (χ0v) is 16.6. The second kappa shape index (κ2) is 7.99. The lowest BCUT2D eigenvalue weighted by Gasteiger charge is -2.21. The van der Waals surface area contributed by atoms with E-state index in [2.05, 4.69) is 10.5 Å². The van der Waals surface area contributed by atoms with Crippen molar-refractivity contribution < 1.29 is 22.2 Å². The molecule has 28 heavy (non-hydrogen) atoms. The van der Waals surface area contributed by atoms with Gasteiger partial charge in [0.1, 0.15) is 16.3 Å². The maximum absolute atomic E-state index is 13.3. The van der Waals surface area contributed by atoms with Gasteiger partial charge in [-0.3, -0.25) is 4.79 Å². The van der Waals surface area contributed by atoms with Crippen LogP contribution in [0, 0.1) is 13.8 Å². The Morgan fingerprint density at radius 1 is 1.14 bits per heavy atom. The average molecular weight is 403 g/mol. The molecule has 0 spiro atoms. The van der Waals surface area contributed by atoms with Crippen LogP contribution in [0.25, 0.3) is 0 Å². The largest absolute Gasteiger partial charge is 0.468 e. The third kappa shape index (κ3) is 4.00. The first-order valence-electron chi connectivity index (χ1n) is 8.59. The molecule has 9 heteroatoms. The second-order valence-corrected chi connectivity index (χ2v) is 8.16. The lowest BCUT2D eigenvalue weighted by atomic mass is 10.1. The highest BCUT2D eigenvalue weighted by molar-refractivity contribution is 7.89. The van der Waals surface area contributed by atoms with Crippen molar-refractivity contribution in [3.05, 3.63) is 71.0 Å². The second-order valence-electron chi connectivity index (χ2n) is 6.28. The number of benzene rings is 1. The number of amides is 1. The van der Waals surface area contributed by atoms with E-state index in [1.165, 1.54) is 10.6 Å². The monoisotopic (exact) mass is 403 g/mol. The molecule has 0 fully saturated rings. The average Bonchev–Trinajstić information content (AvgIpc) is 3.30. The highest BCUT2D eigenvalue weighted by Gasteiger charge is 2.31. The Morgan fingerprint density at radius 2 is 1.86 bits per heavy atom. The molecule has 3 rings (SSSR count). The number of nitrogens with one attached hydrogen (secondary N) is 1. The van der Waals surface area contributed by atoms with Crippen LogP contribution in [0.2, 0.25) is 0 Å². The summed E-state index contributed by atoms with van der Waals surface area (Å²) in [4.78, 5) is 11.8. The predicted octanol–water partition coefficient (Wildman–Crippen LogP) is 2.64. The van der Waals surface area contributed by atoms with E-state index in [-0.39, 0.29) is 29.7 Å². The van der Waals surface area contributed by atoms with Gasteiger partial charge in [-0.05, 0) is 43.7 Å². The quantitative estimate of drug-likeness (QED) is 0.650. The van der Waals surface area contributed by atoms with Crippen LogP contribution in [-0.4, -0.2) is 30.8 Å². The molecule has 1 amide bonds. The zero-order chi connectivity index (χ0) is 20.3. The molecule has 3 aromatic rings. The first kappa shape index (κ1) is 19.8. The number of aryl methyl sites for hydroxylation is 2. The number of sulfonamides is 1. The first-order valence-corrected chi connectivity index (χ1v) is 10.0. The number of hydrogen-bond donors (Lipinski definition) is 1. The summed E-state index contributed by atoms with van der Waals surface area (Å²) >= 11 is 0. The van der Waals surface area contributed by atoms with Crippen LogP contribution in [0.1, 0.15) is 33.1 Å². The molecule has 0 aliphatic carbocycles. The fourth-order valence-electron chi connectivity index (χ4n) is 2.88. The van der Waals surface area contributed by atoms with Gasteiger partial charge >= 0.3 is 0 Å². The van der Waals surface area contributed by atoms with Crippen molar-refractivity contribution in [2.75, 3.05) is 7.05 Å². The number of rotatable bonds is 7. The molecule has 148 valence electrons. The van der Waals surface area contributed by atoms with Gasteiger partial charge in [-0.15, -0.1) is 0 Å². The van der Waals surface area contributed by atoms with E-state index in [1.807, 2.05) is 0 Å². The van der Waals surface area contributed by atoms with Crippen LogP contribution >= 0.6 is 0 Å². The maximum atomic E-state index is 13.3. The smallest absolute Gasteiger partial charge is 0.251 e. The van der Waals surface area contributed by atoms with Crippen LogP contribution in [0.5, 0.6) is 0 Å². The molecule has 0 bridgehead atoms. The number of carbonyl (C=O) groups excluding carboxylic acids is 1. The summed E-state index contributed by atoms with van der Waals surface area (Å²) in [6.07, 6.45) is 1.49. The van der Waals surface area contributed by atoms with E-state index >= 15 is 0 Å². The van der Waals surface area contributed by atoms with Crippen molar-refractivity contribution >= 4 is 15.9 Å². The molecular weight excluding hydrogens is 382 g/mol. The van der Waals surface area contributed by atoms with Gasteiger partial charge in [0.2, 0.25) is 10.0 Å². The van der Waals surface area contributed by atoms with E-state index in [1.54, 1.807) is 57.3 Å². The van der Waals surface area contributed by atoms with Crippen LogP contribution in [-0.2, 0) is 23.1 Å². The minimum atomic E-state index is -3.89. The van der Waals surface area contributed by atoms with Crippen LogP contribution < -0.4 is 5.32 Å². The van der Waals surface area contributed by atoms with Gasteiger partial charge in [0.15, 0.2) is 5.76 Å². The molecule has 1 aromatic carbocycles. The molecule has 8 nitrogen and oxygen atoms in total. The van der Waals surface area contributed by atoms with Crippen molar-refractivity contribution in [1.82, 2.24) is 14.8 Å². The van der Waals surface area contributed by atoms with E-state index < -0.39 is 10.0 Å². The molecule has 2 aromatic heterocycles. The third-order valence-electron chi connectivity index (χ3n) is 4.28. The molecule has 0 aliphatic heterocycles. The van der Waals surface area contributed by atoms with E-state index in [0.717, 1.165) is 5.56 Å². The molecule has 0 aliphatic rings. The predicted molar refractivity (Wildman–Crippen MR) is 101 cm³/mol. The molecule has 0 atom stereocenters. The Bertz CT molecular complexity index is 1030. The number of furan rings is 1. The van der Waals surface area contributed by atoms with Crippen molar-refractivity contribution in [1.29, 1.82) is 0 Å². The minimum absolute atomic E-state index is 0.0522. The van der Waals surface area contributed by atoms with Gasteiger partial charge in [-0.2, -0.15) is 4.31 Å². The van der Waals surface area contributed by atoms with E-state index in [4.69, 9.17) is 8.94 Å². The lowest BCUT2D eigenvalue weighted by Crippen LogP contribution is -2.31. The lowest BCUT2D eigenvalue weighted by molar-refractivity contribution is 0.0963. The summed E-state index contributed by atoms with van der Waals surface area (Å²) in [5, 5.41) is 6.31. The fraction of sp³-hybridized carbons (Fsp3) is 0.263. The van der Waals surface area contributed by atoms with Crippen LogP contribution in [0.4, 0.5) is 0 Å². The number of aromatic nitrogens is 1. The van der Waals surface area contributed by atoms with Crippen molar-refractivity contribution in [3.63, 3.8) is 0 Å². The van der Waals surface area contributed by atoms with Gasteiger partial charge in [0.05, 0.1) is 12.8 Å². The van der Waals surface area contributed by atoms with Crippen LogP contribution in [0.3, 0.4) is 0 Å². The highest BCUT2D eigenvalue weighted by Crippen LogP contribution is 2.26. The summed E-state index contributed by atoms with van der Waals surface area (Å²) in [7, 11) is -2.33. The Hall–Kier alpha value is -2.91. The fourth-order valence-corrected chi connectivity index (χ4v) is 4.57. The van der Waals surface area contributed by atoms with Gasteiger partial charge in [0.25, 0.3) is 5.91 Å². The minimum Gasteiger partial charge on any atom is -0.468 e. The number of nitrogens with zero attached hydrogens (tertiary/aromatic N) is 2. The Balaban J connectivity index is 1.94. The van der Waals surface area contributed by atoms with Gasteiger partial charge in [-0.1, -0.05) is 17.3 Å². The van der Waals surface area contributed by atoms with Crippen LogP contribution in [0.15, 0.2) is 56.5 Å². The Labute approximate surface area is 163 Å². The number of carbonyl (C=O) groups is 1. The van der Waals surface area contributed by atoms with Gasteiger partial charge in [0, 0.05) is 19.2 Å². The summed E-state index contributed by atoms with van der Waals surface area (Å²) in [6, 6.07) is 10.2. The normalized spacial score (nSPS) is 11.7. The topological polar surface area (TPSA) is 106 Å². The zero-order valence-electron chi connectivity index (χ0n) is 15.8. The summed E-state index contributed by atoms with van der Waals surface area (Å²) in [6.45, 7) is 3.31. The van der Waals surface area contributed by atoms with Gasteiger partial charge in [-0.25, -0.2) is 8.42 Å². The maximum Gasteiger partial charge on any atom is 0.251 e. The molecule has 0 unspecified atom stereocenters. The standard InChI is InChI=1S/C19H21N3O5S/c1-13-18(14(2)27-21-13)28(24,25)22(12-17-5-4-10-26-17)11-15-6-8-16(9-7-15)19(23)20-3/h4-10H,11-12H2,1-3H3,(H,20,23). The van der Waals surface area contributed by atoms with Crippen molar-refractivity contribution in [3.8, 4) is 0 Å². The number of hydrogen-bond acceptors (Lipinski definition) is 6. The van der Waals surface area contributed by atoms with Gasteiger partial charge < -0.3 is 14.3 Å². The summed E-state index contributed by atoms with van der Waals surface area (Å²) in [5.74, 6) is 0.538.